The summed E-state index contributed by atoms with van der Waals surface area (Å²) in [5.41, 5.74) is 1.35. The quantitative estimate of drug-likeness (QED) is 0.717. The van der Waals surface area contributed by atoms with Crippen LogP contribution >= 0.6 is 0 Å². The molecule has 1 atom stereocenters. The molecule has 0 heterocycles. The first-order valence-corrected chi connectivity index (χ1v) is 5.97. The molecular formula is C15H20O. The molecule has 0 N–H and O–H groups in total. The maximum absolute atomic E-state index is 5.91. The zero-order chi connectivity index (χ0) is 11.6. The van der Waals surface area contributed by atoms with Gasteiger partial charge >= 0.3 is 0 Å². The minimum atomic E-state index is -0.0720. The van der Waals surface area contributed by atoms with E-state index >= 15 is 0 Å². The fourth-order valence-corrected chi connectivity index (χ4v) is 2.14. The second-order valence-electron chi connectivity index (χ2n) is 5.43. The zero-order valence-corrected chi connectivity index (χ0v) is 10.4. The van der Waals surface area contributed by atoms with Gasteiger partial charge < -0.3 is 4.74 Å². The van der Waals surface area contributed by atoms with Crippen molar-refractivity contribution in [3.05, 3.63) is 47.7 Å². The molecule has 0 saturated heterocycles. The van der Waals surface area contributed by atoms with Crippen molar-refractivity contribution < 1.29 is 4.74 Å². The molecule has 0 aliphatic heterocycles. The Morgan fingerprint density at radius 3 is 2.44 bits per heavy atom. The van der Waals surface area contributed by atoms with Crippen LogP contribution in [0.3, 0.4) is 0 Å². The lowest BCUT2D eigenvalue weighted by molar-refractivity contribution is 0.0483. The van der Waals surface area contributed by atoms with Gasteiger partial charge in [-0.2, -0.15) is 0 Å². The lowest BCUT2D eigenvalue weighted by atomic mass is 9.97. The number of rotatable bonds is 2. The van der Waals surface area contributed by atoms with Gasteiger partial charge in [-0.05, 0) is 44.7 Å². The van der Waals surface area contributed by atoms with E-state index < -0.39 is 0 Å². The Balaban J connectivity index is 1.97. The van der Waals surface area contributed by atoms with Crippen molar-refractivity contribution in [2.75, 3.05) is 0 Å². The first-order chi connectivity index (χ1) is 7.54. The Labute approximate surface area is 98.1 Å². The third-order valence-electron chi connectivity index (χ3n) is 2.79. The third kappa shape index (κ3) is 2.88. The average molecular weight is 216 g/mol. The van der Waals surface area contributed by atoms with E-state index in [4.69, 9.17) is 4.74 Å². The molecule has 1 unspecified atom stereocenters. The van der Waals surface area contributed by atoms with E-state index in [1.54, 1.807) is 0 Å². The van der Waals surface area contributed by atoms with Gasteiger partial charge in [-0.25, -0.2) is 0 Å². The SMILES string of the molecule is CC(C)(C)OC1=CCC(c2ccccc2)C1. The summed E-state index contributed by atoms with van der Waals surface area (Å²) in [7, 11) is 0. The van der Waals surface area contributed by atoms with Gasteiger partial charge in [-0.3, -0.25) is 0 Å². The van der Waals surface area contributed by atoms with Gasteiger partial charge in [-0.1, -0.05) is 30.3 Å². The fourth-order valence-electron chi connectivity index (χ4n) is 2.14. The summed E-state index contributed by atoms with van der Waals surface area (Å²) in [6, 6.07) is 10.7. The molecule has 0 fully saturated rings. The van der Waals surface area contributed by atoms with Gasteiger partial charge in [0, 0.05) is 6.42 Å². The normalized spacial score (nSPS) is 20.7. The number of hydrogen-bond donors (Lipinski definition) is 0. The number of ether oxygens (including phenoxy) is 1. The molecular weight excluding hydrogens is 196 g/mol. The van der Waals surface area contributed by atoms with E-state index in [9.17, 15) is 0 Å². The fraction of sp³-hybridized carbons (Fsp3) is 0.467. The lowest BCUT2D eigenvalue weighted by Crippen LogP contribution is -2.18. The Kier molecular flexibility index (Phi) is 3.04. The molecule has 0 saturated carbocycles. The van der Waals surface area contributed by atoms with Crippen LogP contribution in [0.2, 0.25) is 0 Å². The molecule has 1 nitrogen and oxygen atoms in total. The van der Waals surface area contributed by atoms with Crippen molar-refractivity contribution in [1.29, 1.82) is 0 Å². The smallest absolute Gasteiger partial charge is 0.100 e. The molecule has 16 heavy (non-hydrogen) atoms. The molecule has 0 amide bonds. The van der Waals surface area contributed by atoms with Crippen molar-refractivity contribution in [2.45, 2.75) is 45.1 Å². The van der Waals surface area contributed by atoms with Gasteiger partial charge in [0.15, 0.2) is 0 Å². The Hall–Kier alpha value is -1.24. The Morgan fingerprint density at radius 2 is 1.81 bits per heavy atom. The highest BCUT2D eigenvalue weighted by Gasteiger charge is 2.23. The summed E-state index contributed by atoms with van der Waals surface area (Å²) in [6.45, 7) is 6.30. The second-order valence-corrected chi connectivity index (χ2v) is 5.43. The molecule has 0 bridgehead atoms. The van der Waals surface area contributed by atoms with E-state index in [0.29, 0.717) is 5.92 Å². The number of hydrogen-bond acceptors (Lipinski definition) is 1. The second kappa shape index (κ2) is 4.32. The van der Waals surface area contributed by atoms with Crippen LogP contribution in [0.5, 0.6) is 0 Å². The van der Waals surface area contributed by atoms with E-state index in [1.807, 2.05) is 0 Å². The summed E-state index contributed by atoms with van der Waals surface area (Å²) in [5, 5.41) is 0. The molecule has 2 rings (SSSR count). The maximum Gasteiger partial charge on any atom is 0.100 e. The lowest BCUT2D eigenvalue weighted by Gasteiger charge is -2.22. The average Bonchev–Trinajstić information content (AvgIpc) is 2.65. The van der Waals surface area contributed by atoms with Crippen molar-refractivity contribution in [3.63, 3.8) is 0 Å². The monoisotopic (exact) mass is 216 g/mol. The number of benzene rings is 1. The van der Waals surface area contributed by atoms with Crippen molar-refractivity contribution in [1.82, 2.24) is 0 Å². The standard InChI is InChI=1S/C15H20O/c1-15(2,3)16-14-10-9-13(11-14)12-7-5-4-6-8-12/h4-8,10,13H,9,11H2,1-3H3. The van der Waals surface area contributed by atoms with Crippen LogP contribution in [-0.2, 0) is 4.74 Å². The van der Waals surface area contributed by atoms with Gasteiger partial charge in [-0.15, -0.1) is 0 Å². The maximum atomic E-state index is 5.91. The van der Waals surface area contributed by atoms with E-state index in [2.05, 4.69) is 57.2 Å². The van der Waals surface area contributed by atoms with Crippen molar-refractivity contribution in [2.24, 2.45) is 0 Å². The minimum absolute atomic E-state index is 0.0720. The van der Waals surface area contributed by atoms with E-state index in [-0.39, 0.29) is 5.60 Å². The molecule has 0 aromatic heterocycles. The minimum Gasteiger partial charge on any atom is -0.493 e. The third-order valence-corrected chi connectivity index (χ3v) is 2.79. The van der Waals surface area contributed by atoms with Crippen LogP contribution in [0, 0.1) is 0 Å². The molecule has 1 aliphatic carbocycles. The molecule has 1 aromatic rings. The summed E-state index contributed by atoms with van der Waals surface area (Å²) >= 11 is 0. The van der Waals surface area contributed by atoms with E-state index in [1.165, 1.54) is 5.56 Å². The predicted molar refractivity (Wildman–Crippen MR) is 67.3 cm³/mol. The summed E-state index contributed by atoms with van der Waals surface area (Å²) in [5.74, 6) is 1.76. The van der Waals surface area contributed by atoms with Crippen LogP contribution in [0.1, 0.15) is 45.1 Å². The highest BCUT2D eigenvalue weighted by atomic mass is 16.5. The molecule has 1 heteroatoms. The van der Waals surface area contributed by atoms with Crippen molar-refractivity contribution in [3.8, 4) is 0 Å². The van der Waals surface area contributed by atoms with Crippen LogP contribution in [0.25, 0.3) is 0 Å². The molecule has 0 spiro atoms. The molecule has 0 radical (unpaired) electrons. The van der Waals surface area contributed by atoms with E-state index in [0.717, 1.165) is 18.6 Å². The summed E-state index contributed by atoms with van der Waals surface area (Å²) in [6.07, 6.45) is 4.39. The molecule has 1 aromatic carbocycles. The van der Waals surface area contributed by atoms with Crippen LogP contribution < -0.4 is 0 Å². The predicted octanol–water partition coefficient (Wildman–Crippen LogP) is 4.26. The van der Waals surface area contributed by atoms with Crippen molar-refractivity contribution >= 4 is 0 Å². The van der Waals surface area contributed by atoms with Gasteiger partial charge in [0.05, 0.1) is 5.76 Å². The zero-order valence-electron chi connectivity index (χ0n) is 10.4. The Morgan fingerprint density at radius 1 is 1.12 bits per heavy atom. The topological polar surface area (TPSA) is 9.23 Å². The summed E-state index contributed by atoms with van der Waals surface area (Å²) in [4.78, 5) is 0. The Bertz CT molecular complexity index is 370. The van der Waals surface area contributed by atoms with Gasteiger partial charge in [0.1, 0.15) is 5.60 Å². The first kappa shape index (κ1) is 11.3. The summed E-state index contributed by atoms with van der Waals surface area (Å²) < 4.78 is 5.91. The largest absolute Gasteiger partial charge is 0.493 e. The van der Waals surface area contributed by atoms with Crippen LogP contribution in [0.4, 0.5) is 0 Å². The number of allylic oxidation sites excluding steroid dienone is 2. The van der Waals surface area contributed by atoms with Crippen LogP contribution in [-0.4, -0.2) is 5.60 Å². The highest BCUT2D eigenvalue weighted by Crippen LogP contribution is 2.35. The molecule has 1 aliphatic rings. The van der Waals surface area contributed by atoms with Crippen LogP contribution in [0.15, 0.2) is 42.2 Å². The van der Waals surface area contributed by atoms with Gasteiger partial charge in [0.25, 0.3) is 0 Å². The first-order valence-electron chi connectivity index (χ1n) is 5.97. The highest BCUT2D eigenvalue weighted by molar-refractivity contribution is 5.25. The molecule has 86 valence electrons. The van der Waals surface area contributed by atoms with Gasteiger partial charge in [0.2, 0.25) is 0 Å².